The molecule has 96 valence electrons. The van der Waals surface area contributed by atoms with E-state index < -0.39 is 0 Å². The molecule has 0 spiro atoms. The molecule has 0 bridgehead atoms. The van der Waals surface area contributed by atoms with E-state index in [1.54, 1.807) is 0 Å². The third-order valence-electron chi connectivity index (χ3n) is 4.21. The van der Waals surface area contributed by atoms with Gasteiger partial charge in [-0.2, -0.15) is 0 Å². The molecule has 2 N–H and O–H groups in total. The molecule has 3 heteroatoms. The van der Waals surface area contributed by atoms with Crippen LogP contribution >= 0.6 is 0 Å². The smallest absolute Gasteiger partial charge is 0.237 e. The highest BCUT2D eigenvalue weighted by molar-refractivity contribution is 5.82. The molecule has 3 atom stereocenters. The van der Waals surface area contributed by atoms with Crippen LogP contribution in [0.25, 0.3) is 0 Å². The minimum absolute atomic E-state index is 0.0612. The predicted octanol–water partition coefficient (Wildman–Crippen LogP) is 1.47. The predicted molar refractivity (Wildman–Crippen MR) is 71.1 cm³/mol. The lowest BCUT2D eigenvalue weighted by Crippen LogP contribution is -2.48. The molecule has 1 heterocycles. The maximum atomic E-state index is 12.1. The van der Waals surface area contributed by atoms with Gasteiger partial charge >= 0.3 is 0 Å². The van der Waals surface area contributed by atoms with Crippen molar-refractivity contribution in [2.45, 2.75) is 32.4 Å². The summed E-state index contributed by atoms with van der Waals surface area (Å²) in [6.07, 6.45) is 2.07. The van der Waals surface area contributed by atoms with Crippen LogP contribution in [0.5, 0.6) is 0 Å². The number of nitrogens with one attached hydrogen (secondary N) is 2. The van der Waals surface area contributed by atoms with E-state index in [0.29, 0.717) is 5.92 Å². The molecule has 18 heavy (non-hydrogen) atoms. The van der Waals surface area contributed by atoms with E-state index in [0.717, 1.165) is 25.4 Å². The van der Waals surface area contributed by atoms with Gasteiger partial charge in [-0.1, -0.05) is 31.2 Å². The molecule has 1 aliphatic carbocycles. The van der Waals surface area contributed by atoms with E-state index in [2.05, 4.69) is 35.8 Å². The van der Waals surface area contributed by atoms with Crippen molar-refractivity contribution in [2.24, 2.45) is 11.8 Å². The molecule has 1 saturated carbocycles. The molecule has 1 aromatic carbocycles. The van der Waals surface area contributed by atoms with Crippen molar-refractivity contribution in [3.05, 3.63) is 35.4 Å². The van der Waals surface area contributed by atoms with E-state index in [-0.39, 0.29) is 11.9 Å². The molecular weight excluding hydrogens is 224 g/mol. The topological polar surface area (TPSA) is 41.1 Å². The fourth-order valence-electron chi connectivity index (χ4n) is 2.68. The zero-order chi connectivity index (χ0) is 12.5. The van der Waals surface area contributed by atoms with E-state index in [1.807, 2.05) is 6.07 Å². The van der Waals surface area contributed by atoms with Crippen LogP contribution in [-0.2, 0) is 17.8 Å². The summed E-state index contributed by atoms with van der Waals surface area (Å²) in [5.41, 5.74) is 2.62. The summed E-state index contributed by atoms with van der Waals surface area (Å²) >= 11 is 0. The van der Waals surface area contributed by atoms with Gasteiger partial charge in [0.05, 0.1) is 6.04 Å². The second-order valence-electron chi connectivity index (χ2n) is 5.62. The molecule has 1 aliphatic heterocycles. The largest absolute Gasteiger partial charge is 0.354 e. The Kier molecular flexibility index (Phi) is 3.08. The Morgan fingerprint density at radius 3 is 2.83 bits per heavy atom. The van der Waals surface area contributed by atoms with Gasteiger partial charge in [-0.15, -0.1) is 0 Å². The van der Waals surface area contributed by atoms with Crippen molar-refractivity contribution in [1.29, 1.82) is 0 Å². The number of hydrogen-bond donors (Lipinski definition) is 2. The fourth-order valence-corrected chi connectivity index (χ4v) is 2.68. The van der Waals surface area contributed by atoms with E-state index >= 15 is 0 Å². The maximum absolute atomic E-state index is 12.1. The normalized spacial score (nSPS) is 29.5. The number of benzene rings is 1. The van der Waals surface area contributed by atoms with Crippen LogP contribution in [0.15, 0.2) is 24.3 Å². The van der Waals surface area contributed by atoms with Gasteiger partial charge in [0.25, 0.3) is 0 Å². The first-order valence-electron chi connectivity index (χ1n) is 6.82. The van der Waals surface area contributed by atoms with Crippen LogP contribution in [-0.4, -0.2) is 18.5 Å². The Bertz CT molecular complexity index is 458. The summed E-state index contributed by atoms with van der Waals surface area (Å²) < 4.78 is 0. The molecule has 0 aromatic heterocycles. The molecule has 1 aromatic rings. The molecule has 3 rings (SSSR count). The van der Waals surface area contributed by atoms with Gasteiger partial charge in [-0.05, 0) is 35.8 Å². The summed E-state index contributed by atoms with van der Waals surface area (Å²) in [7, 11) is 0. The lowest BCUT2D eigenvalue weighted by Gasteiger charge is -2.25. The summed E-state index contributed by atoms with van der Waals surface area (Å²) in [6.45, 7) is 3.89. The van der Waals surface area contributed by atoms with Crippen LogP contribution in [0.3, 0.4) is 0 Å². The summed E-state index contributed by atoms with van der Waals surface area (Å²) in [5, 5.41) is 6.39. The van der Waals surface area contributed by atoms with Crippen LogP contribution in [0.1, 0.15) is 24.5 Å². The van der Waals surface area contributed by atoms with Crippen LogP contribution in [0, 0.1) is 11.8 Å². The number of carbonyl (C=O) groups excluding carboxylic acids is 1. The van der Waals surface area contributed by atoms with Crippen molar-refractivity contribution < 1.29 is 4.79 Å². The lowest BCUT2D eigenvalue weighted by molar-refractivity contribution is -0.123. The number of carbonyl (C=O) groups is 1. The number of rotatable bonds is 3. The van der Waals surface area contributed by atoms with Gasteiger partial charge in [0.15, 0.2) is 0 Å². The Morgan fingerprint density at radius 2 is 2.11 bits per heavy atom. The standard InChI is InChI=1S/C15H20N2O/c1-10-6-13(10)9-17-15(18)14-7-11-4-2-3-5-12(11)8-16-14/h2-5,10,13-14,16H,6-9H2,1H3,(H,17,18)/t10?,13?,14-/m1/s1. The SMILES string of the molecule is CC1CC1CNC(=O)[C@H]1Cc2ccccc2CN1. The summed E-state index contributed by atoms with van der Waals surface area (Å²) in [5.74, 6) is 1.67. The maximum Gasteiger partial charge on any atom is 0.237 e. The van der Waals surface area contributed by atoms with E-state index in [4.69, 9.17) is 0 Å². The van der Waals surface area contributed by atoms with Gasteiger partial charge in [-0.3, -0.25) is 4.79 Å². The second-order valence-corrected chi connectivity index (χ2v) is 5.62. The highest BCUT2D eigenvalue weighted by Gasteiger charge is 2.33. The van der Waals surface area contributed by atoms with Crippen molar-refractivity contribution in [3.63, 3.8) is 0 Å². The molecule has 0 saturated heterocycles. The third-order valence-corrected chi connectivity index (χ3v) is 4.21. The van der Waals surface area contributed by atoms with Crippen LogP contribution in [0.4, 0.5) is 0 Å². The van der Waals surface area contributed by atoms with Gasteiger partial charge in [0.1, 0.15) is 0 Å². The van der Waals surface area contributed by atoms with Gasteiger partial charge < -0.3 is 10.6 Å². The van der Waals surface area contributed by atoms with Crippen molar-refractivity contribution in [1.82, 2.24) is 10.6 Å². The summed E-state index contributed by atoms with van der Waals surface area (Å²) in [6, 6.07) is 8.29. The monoisotopic (exact) mass is 244 g/mol. The lowest BCUT2D eigenvalue weighted by atomic mass is 9.95. The highest BCUT2D eigenvalue weighted by Crippen LogP contribution is 2.36. The Hall–Kier alpha value is -1.35. The average Bonchev–Trinajstić information content (AvgIpc) is 3.11. The van der Waals surface area contributed by atoms with Gasteiger partial charge in [-0.25, -0.2) is 0 Å². The molecule has 2 aliphatic rings. The second kappa shape index (κ2) is 4.73. The molecule has 3 nitrogen and oxygen atoms in total. The van der Waals surface area contributed by atoms with Crippen LogP contribution in [0.2, 0.25) is 0 Å². The molecule has 2 unspecified atom stereocenters. The number of fused-ring (bicyclic) bond motifs is 1. The average molecular weight is 244 g/mol. The van der Waals surface area contributed by atoms with E-state index in [9.17, 15) is 4.79 Å². The Morgan fingerprint density at radius 1 is 1.39 bits per heavy atom. The number of amides is 1. The Labute approximate surface area is 108 Å². The minimum atomic E-state index is -0.0612. The van der Waals surface area contributed by atoms with Crippen molar-refractivity contribution >= 4 is 5.91 Å². The zero-order valence-corrected chi connectivity index (χ0v) is 10.8. The van der Waals surface area contributed by atoms with Crippen LogP contribution < -0.4 is 10.6 Å². The molecule has 1 amide bonds. The minimum Gasteiger partial charge on any atom is -0.354 e. The molecular formula is C15H20N2O. The first kappa shape index (κ1) is 11.7. The first-order chi connectivity index (χ1) is 8.74. The first-order valence-corrected chi connectivity index (χ1v) is 6.82. The zero-order valence-electron chi connectivity index (χ0n) is 10.8. The quantitative estimate of drug-likeness (QED) is 0.845. The van der Waals surface area contributed by atoms with Gasteiger partial charge in [0, 0.05) is 13.1 Å². The highest BCUT2D eigenvalue weighted by atomic mass is 16.2. The summed E-state index contributed by atoms with van der Waals surface area (Å²) in [4.78, 5) is 12.1. The Balaban J connectivity index is 1.56. The van der Waals surface area contributed by atoms with E-state index in [1.165, 1.54) is 17.5 Å². The van der Waals surface area contributed by atoms with Gasteiger partial charge in [0.2, 0.25) is 5.91 Å². The van der Waals surface area contributed by atoms with Crippen molar-refractivity contribution in [2.75, 3.05) is 6.54 Å². The molecule has 0 radical (unpaired) electrons. The third kappa shape index (κ3) is 2.41. The number of hydrogen-bond acceptors (Lipinski definition) is 2. The van der Waals surface area contributed by atoms with Crippen molar-refractivity contribution in [3.8, 4) is 0 Å². The fraction of sp³-hybridized carbons (Fsp3) is 0.533. The molecule has 1 fully saturated rings.